The van der Waals surface area contributed by atoms with Crippen molar-refractivity contribution in [1.82, 2.24) is 0 Å². The molecule has 3 aliphatic rings. The molecule has 2 heterocycles. The van der Waals surface area contributed by atoms with Gasteiger partial charge in [0, 0.05) is 24.9 Å². The Labute approximate surface area is 106 Å². The molecule has 0 N–H and O–H groups in total. The first-order valence-electron chi connectivity index (χ1n) is 6.70. The minimum atomic E-state index is -0.230. The molecule has 1 unspecified atom stereocenters. The maximum atomic E-state index is 11.2. The average Bonchev–Trinajstić information content (AvgIpc) is 2.85. The predicted molar refractivity (Wildman–Crippen MR) is 60.6 cm³/mol. The zero-order valence-electron chi connectivity index (χ0n) is 10.2. The summed E-state index contributed by atoms with van der Waals surface area (Å²) in [6.45, 7) is 0.727. The lowest BCUT2D eigenvalue weighted by atomic mass is 9.93. The molecule has 0 bridgehead atoms. The molecule has 5 heteroatoms. The number of hydrogen-bond acceptors (Lipinski definition) is 5. The molecular formula is C13H18O5. The standard InChI is InChI=1S/C13H18O5/c14-7-9-8-5-12(15)17-10(8)6-11(9)18-13-3-1-2-4-16-13/h7-11,13H,1-6H2/t8-,9-,10+,11-,13?/m1/s1. The Balaban J connectivity index is 1.62. The van der Waals surface area contributed by atoms with Gasteiger partial charge in [0.15, 0.2) is 6.29 Å². The van der Waals surface area contributed by atoms with Gasteiger partial charge in [0.1, 0.15) is 12.4 Å². The van der Waals surface area contributed by atoms with Gasteiger partial charge in [-0.1, -0.05) is 0 Å². The molecule has 0 amide bonds. The molecule has 5 atom stereocenters. The number of esters is 1. The second kappa shape index (κ2) is 4.97. The Morgan fingerprint density at radius 3 is 2.94 bits per heavy atom. The number of carbonyl (C=O) groups excluding carboxylic acids is 2. The SMILES string of the molecule is O=C[C@@H]1[C@H]2CC(=O)O[C@H]2C[C@H]1OC1CCCCO1. The van der Waals surface area contributed by atoms with Crippen molar-refractivity contribution in [1.29, 1.82) is 0 Å². The van der Waals surface area contributed by atoms with Crippen LogP contribution in [0.5, 0.6) is 0 Å². The van der Waals surface area contributed by atoms with Crippen LogP contribution in [0, 0.1) is 11.8 Å². The van der Waals surface area contributed by atoms with Gasteiger partial charge in [-0.25, -0.2) is 0 Å². The molecule has 3 rings (SSSR count). The molecule has 100 valence electrons. The molecule has 18 heavy (non-hydrogen) atoms. The van der Waals surface area contributed by atoms with E-state index in [0.29, 0.717) is 12.8 Å². The molecule has 0 radical (unpaired) electrons. The van der Waals surface area contributed by atoms with Crippen molar-refractivity contribution < 1.29 is 23.8 Å². The van der Waals surface area contributed by atoms with Gasteiger partial charge < -0.3 is 19.0 Å². The highest BCUT2D eigenvalue weighted by molar-refractivity contribution is 5.74. The van der Waals surface area contributed by atoms with Gasteiger partial charge in [0.25, 0.3) is 0 Å². The van der Waals surface area contributed by atoms with E-state index in [1.165, 1.54) is 0 Å². The Kier molecular flexibility index (Phi) is 3.35. The lowest BCUT2D eigenvalue weighted by Crippen LogP contribution is -2.32. The summed E-state index contributed by atoms with van der Waals surface area (Å²) < 4.78 is 16.6. The maximum absolute atomic E-state index is 11.2. The zero-order valence-corrected chi connectivity index (χ0v) is 10.2. The molecule has 0 aromatic carbocycles. The van der Waals surface area contributed by atoms with Crippen LogP contribution < -0.4 is 0 Å². The number of aldehydes is 1. The van der Waals surface area contributed by atoms with Crippen LogP contribution in [-0.4, -0.2) is 37.4 Å². The van der Waals surface area contributed by atoms with Crippen molar-refractivity contribution >= 4 is 12.3 Å². The van der Waals surface area contributed by atoms with Gasteiger partial charge in [-0.3, -0.25) is 4.79 Å². The second-order valence-corrected chi connectivity index (χ2v) is 5.32. The summed E-state index contributed by atoms with van der Waals surface area (Å²) in [5.74, 6) is -0.417. The van der Waals surface area contributed by atoms with Gasteiger partial charge in [0.05, 0.1) is 12.5 Å². The molecule has 2 aliphatic heterocycles. The van der Waals surface area contributed by atoms with Crippen LogP contribution in [0.1, 0.15) is 32.1 Å². The molecular weight excluding hydrogens is 236 g/mol. The zero-order chi connectivity index (χ0) is 12.5. The first-order valence-corrected chi connectivity index (χ1v) is 6.70. The summed E-state index contributed by atoms with van der Waals surface area (Å²) in [4.78, 5) is 22.4. The Hall–Kier alpha value is -0.940. The van der Waals surface area contributed by atoms with Crippen molar-refractivity contribution in [2.45, 2.75) is 50.6 Å². The topological polar surface area (TPSA) is 61.8 Å². The minimum absolute atomic E-state index is 0.00332. The Morgan fingerprint density at radius 2 is 2.22 bits per heavy atom. The largest absolute Gasteiger partial charge is 0.462 e. The summed E-state index contributed by atoms with van der Waals surface area (Å²) in [6.07, 6.45) is 4.46. The van der Waals surface area contributed by atoms with E-state index in [9.17, 15) is 9.59 Å². The fourth-order valence-corrected chi connectivity index (χ4v) is 3.25. The average molecular weight is 254 g/mol. The minimum Gasteiger partial charge on any atom is -0.462 e. The van der Waals surface area contributed by atoms with Gasteiger partial charge >= 0.3 is 5.97 Å². The predicted octanol–water partition coefficient (Wildman–Crippen LogP) is 1.05. The molecule has 1 aliphatic carbocycles. The smallest absolute Gasteiger partial charge is 0.306 e. The van der Waals surface area contributed by atoms with Crippen LogP contribution >= 0.6 is 0 Å². The third-order valence-electron chi connectivity index (χ3n) is 4.17. The van der Waals surface area contributed by atoms with Gasteiger partial charge in [-0.05, 0) is 19.3 Å². The van der Waals surface area contributed by atoms with Crippen LogP contribution in [-0.2, 0) is 23.8 Å². The summed E-state index contributed by atoms with van der Waals surface area (Å²) in [5.41, 5.74) is 0. The highest BCUT2D eigenvalue weighted by Gasteiger charge is 2.51. The number of carbonyl (C=O) groups is 2. The van der Waals surface area contributed by atoms with E-state index in [4.69, 9.17) is 14.2 Å². The molecule has 0 aromatic rings. The summed E-state index contributed by atoms with van der Waals surface area (Å²) in [5, 5.41) is 0. The van der Waals surface area contributed by atoms with Crippen molar-refractivity contribution in [2.75, 3.05) is 6.61 Å². The van der Waals surface area contributed by atoms with E-state index in [1.807, 2.05) is 0 Å². The fraction of sp³-hybridized carbons (Fsp3) is 0.846. The molecule has 0 spiro atoms. The van der Waals surface area contributed by atoms with E-state index in [1.54, 1.807) is 0 Å². The molecule has 1 saturated carbocycles. The third kappa shape index (κ3) is 2.17. The maximum Gasteiger partial charge on any atom is 0.306 e. The van der Waals surface area contributed by atoms with Crippen molar-refractivity contribution in [3.05, 3.63) is 0 Å². The van der Waals surface area contributed by atoms with E-state index >= 15 is 0 Å². The lowest BCUT2D eigenvalue weighted by molar-refractivity contribution is -0.195. The Morgan fingerprint density at radius 1 is 1.33 bits per heavy atom. The second-order valence-electron chi connectivity index (χ2n) is 5.32. The summed E-state index contributed by atoms with van der Waals surface area (Å²) >= 11 is 0. The van der Waals surface area contributed by atoms with Crippen molar-refractivity contribution in [2.24, 2.45) is 11.8 Å². The molecule has 3 fully saturated rings. The normalized spacial score (nSPS) is 43.6. The van der Waals surface area contributed by atoms with Crippen LogP contribution in [0.15, 0.2) is 0 Å². The quantitative estimate of drug-likeness (QED) is 0.556. The first-order chi connectivity index (χ1) is 8.78. The van der Waals surface area contributed by atoms with E-state index in [0.717, 1.165) is 32.2 Å². The monoisotopic (exact) mass is 254 g/mol. The van der Waals surface area contributed by atoms with Crippen molar-refractivity contribution in [3.8, 4) is 0 Å². The number of rotatable bonds is 3. The highest BCUT2D eigenvalue weighted by atomic mass is 16.7. The van der Waals surface area contributed by atoms with Crippen LogP contribution in [0.4, 0.5) is 0 Å². The van der Waals surface area contributed by atoms with Gasteiger partial charge in [-0.2, -0.15) is 0 Å². The molecule has 0 aromatic heterocycles. The van der Waals surface area contributed by atoms with Crippen molar-refractivity contribution in [3.63, 3.8) is 0 Å². The van der Waals surface area contributed by atoms with E-state index in [-0.39, 0.29) is 36.3 Å². The third-order valence-corrected chi connectivity index (χ3v) is 4.17. The van der Waals surface area contributed by atoms with Crippen LogP contribution in [0.2, 0.25) is 0 Å². The highest BCUT2D eigenvalue weighted by Crippen LogP contribution is 2.42. The van der Waals surface area contributed by atoms with Crippen LogP contribution in [0.25, 0.3) is 0 Å². The molecule has 5 nitrogen and oxygen atoms in total. The summed E-state index contributed by atoms with van der Waals surface area (Å²) in [7, 11) is 0. The number of hydrogen-bond donors (Lipinski definition) is 0. The van der Waals surface area contributed by atoms with Gasteiger partial charge in [-0.15, -0.1) is 0 Å². The Bertz CT molecular complexity index is 336. The van der Waals surface area contributed by atoms with Gasteiger partial charge in [0.2, 0.25) is 0 Å². The molecule has 2 saturated heterocycles. The first kappa shape index (κ1) is 12.1. The number of ether oxygens (including phenoxy) is 3. The number of fused-ring (bicyclic) bond motifs is 1. The lowest BCUT2D eigenvalue weighted by Gasteiger charge is -2.27. The fourth-order valence-electron chi connectivity index (χ4n) is 3.25. The summed E-state index contributed by atoms with van der Waals surface area (Å²) in [6, 6.07) is 0. The van der Waals surface area contributed by atoms with E-state index in [2.05, 4.69) is 0 Å². The van der Waals surface area contributed by atoms with E-state index < -0.39 is 0 Å². The van der Waals surface area contributed by atoms with Crippen LogP contribution in [0.3, 0.4) is 0 Å².